The number of amides is 4. The molecule has 0 fully saturated rings. The summed E-state index contributed by atoms with van der Waals surface area (Å²) in [4.78, 5) is 54.9. The standard InChI is InChI=1S/C36H41ClFN7O6/c1-50-19-14-36(35(49)40-22-31-43-42-30-6-2-3-18-45(30)31)21-25-8-11-27(12-9-25)51-23-33(47)39-15-5-17-44(16-4-7-32(46)41-24-36)34(48)26-10-13-29(38)28(37)20-26/h2-3,6,8-13,18,20H,4-5,7,14-17,19,21-24H2,1H3,(H,39,47)(H,40,49)(H,41,46). The first-order valence-corrected chi connectivity index (χ1v) is 17.1. The van der Waals surface area contributed by atoms with Crippen molar-refractivity contribution in [1.82, 2.24) is 35.4 Å². The molecule has 0 radical (unpaired) electrons. The Morgan fingerprint density at radius 3 is 2.63 bits per heavy atom. The molecule has 0 aliphatic carbocycles. The summed E-state index contributed by atoms with van der Waals surface area (Å²) in [5.74, 6) is -0.936. The zero-order chi connectivity index (χ0) is 36.2. The van der Waals surface area contributed by atoms with Crippen LogP contribution in [0.25, 0.3) is 5.65 Å². The molecule has 1 atom stereocenters. The van der Waals surface area contributed by atoms with E-state index in [1.54, 1.807) is 28.5 Å². The van der Waals surface area contributed by atoms with Crippen LogP contribution in [0, 0.1) is 11.2 Å². The molecule has 4 heterocycles. The van der Waals surface area contributed by atoms with E-state index in [1.165, 1.54) is 12.1 Å². The zero-order valence-electron chi connectivity index (χ0n) is 28.3. The van der Waals surface area contributed by atoms with Gasteiger partial charge in [0.1, 0.15) is 11.6 Å². The van der Waals surface area contributed by atoms with Gasteiger partial charge in [0, 0.05) is 58.1 Å². The van der Waals surface area contributed by atoms with Gasteiger partial charge in [0.05, 0.1) is 17.0 Å². The second-order valence-corrected chi connectivity index (χ2v) is 12.8. The van der Waals surface area contributed by atoms with E-state index in [2.05, 4.69) is 26.1 Å². The number of carbonyl (C=O) groups is 4. The summed E-state index contributed by atoms with van der Waals surface area (Å²) in [5, 5.41) is 17.0. The van der Waals surface area contributed by atoms with E-state index in [9.17, 15) is 23.6 Å². The SMILES string of the molecule is COCCC1(C(=O)NCc2nnc3ccccn23)CNC(=O)CCCN(C(=O)c2ccc(F)c(Cl)c2)CCCNC(=O)COc2ccc(cc2)C1. The van der Waals surface area contributed by atoms with Crippen LogP contribution in [0.5, 0.6) is 5.75 Å². The average molecular weight is 722 g/mol. The summed E-state index contributed by atoms with van der Waals surface area (Å²) in [6.07, 6.45) is 3.17. The molecule has 2 aliphatic rings. The van der Waals surface area contributed by atoms with E-state index in [0.717, 1.165) is 11.6 Å². The van der Waals surface area contributed by atoms with E-state index < -0.39 is 11.2 Å². The van der Waals surface area contributed by atoms with Crippen LogP contribution >= 0.6 is 11.6 Å². The van der Waals surface area contributed by atoms with Gasteiger partial charge in [-0.05, 0) is 73.7 Å². The summed E-state index contributed by atoms with van der Waals surface area (Å²) in [5.41, 5.74) is 0.535. The fourth-order valence-electron chi connectivity index (χ4n) is 5.87. The lowest BCUT2D eigenvalue weighted by Crippen LogP contribution is -2.50. The summed E-state index contributed by atoms with van der Waals surface area (Å²) >= 11 is 5.94. The molecule has 0 saturated heterocycles. The number of nitrogens with zero attached hydrogens (tertiary/aromatic N) is 4. The Kier molecular flexibility index (Phi) is 12.9. The zero-order valence-corrected chi connectivity index (χ0v) is 29.1. The molecule has 270 valence electrons. The van der Waals surface area contributed by atoms with Crippen LogP contribution in [0.1, 0.15) is 47.4 Å². The molecule has 3 N–H and O–H groups in total. The van der Waals surface area contributed by atoms with Crippen molar-refractivity contribution in [1.29, 1.82) is 0 Å². The van der Waals surface area contributed by atoms with Crippen molar-refractivity contribution in [2.45, 2.75) is 38.6 Å². The first-order valence-electron chi connectivity index (χ1n) is 16.7. The third-order valence-corrected chi connectivity index (χ3v) is 9.02. The monoisotopic (exact) mass is 721 g/mol. The van der Waals surface area contributed by atoms with Gasteiger partial charge in [-0.2, -0.15) is 0 Å². The fraction of sp³-hybridized carbons (Fsp3) is 0.389. The van der Waals surface area contributed by atoms with E-state index >= 15 is 0 Å². The smallest absolute Gasteiger partial charge is 0.257 e. The van der Waals surface area contributed by atoms with Gasteiger partial charge in [-0.25, -0.2) is 4.39 Å². The molecule has 13 nitrogen and oxygen atoms in total. The number of ether oxygens (including phenoxy) is 2. The lowest BCUT2D eigenvalue weighted by molar-refractivity contribution is -0.133. The van der Waals surface area contributed by atoms with Gasteiger partial charge in [-0.15, -0.1) is 10.2 Å². The Balaban J connectivity index is 1.36. The number of rotatable bonds is 7. The Morgan fingerprint density at radius 2 is 1.84 bits per heavy atom. The number of halogens is 2. The number of hydrogen-bond donors (Lipinski definition) is 3. The van der Waals surface area contributed by atoms with Crippen LogP contribution in [-0.4, -0.2) is 89.6 Å². The number of benzene rings is 2. The predicted molar refractivity (Wildman–Crippen MR) is 187 cm³/mol. The number of pyridine rings is 1. The third-order valence-electron chi connectivity index (χ3n) is 8.73. The molecule has 6 rings (SSSR count). The quantitative estimate of drug-likeness (QED) is 0.263. The number of carbonyl (C=O) groups excluding carboxylic acids is 4. The highest BCUT2D eigenvalue weighted by atomic mass is 35.5. The molecular formula is C36H41ClFN7O6. The van der Waals surface area contributed by atoms with Crippen molar-refractivity contribution in [2.75, 3.05) is 46.5 Å². The molecule has 4 aromatic rings. The maximum absolute atomic E-state index is 14.2. The molecular weight excluding hydrogens is 681 g/mol. The highest BCUT2D eigenvalue weighted by Gasteiger charge is 2.39. The molecule has 1 unspecified atom stereocenters. The average Bonchev–Trinajstić information content (AvgIpc) is 3.56. The Hall–Kier alpha value is -5.08. The summed E-state index contributed by atoms with van der Waals surface area (Å²) in [6, 6.07) is 16.4. The molecule has 2 aromatic carbocycles. The first kappa shape index (κ1) is 37.2. The number of nitrogens with one attached hydrogen (secondary N) is 3. The molecule has 0 saturated carbocycles. The van der Waals surface area contributed by atoms with Crippen molar-refractivity contribution in [3.05, 3.63) is 94.7 Å². The van der Waals surface area contributed by atoms with Crippen LogP contribution < -0.4 is 20.7 Å². The van der Waals surface area contributed by atoms with Crippen molar-refractivity contribution in [2.24, 2.45) is 5.41 Å². The van der Waals surface area contributed by atoms with Gasteiger partial charge in [-0.1, -0.05) is 29.8 Å². The van der Waals surface area contributed by atoms with Gasteiger partial charge in [0.25, 0.3) is 11.8 Å². The van der Waals surface area contributed by atoms with Gasteiger partial charge < -0.3 is 30.3 Å². The highest BCUT2D eigenvalue weighted by molar-refractivity contribution is 6.31. The minimum Gasteiger partial charge on any atom is -0.484 e. The van der Waals surface area contributed by atoms with Crippen LogP contribution in [0.2, 0.25) is 5.02 Å². The molecule has 15 heteroatoms. The van der Waals surface area contributed by atoms with E-state index in [0.29, 0.717) is 30.1 Å². The van der Waals surface area contributed by atoms with Crippen molar-refractivity contribution in [3.63, 3.8) is 0 Å². The molecule has 2 bridgehead atoms. The van der Waals surface area contributed by atoms with Gasteiger partial charge in [0.15, 0.2) is 18.1 Å². The Bertz CT molecular complexity index is 1840. The minimum atomic E-state index is -1.13. The Labute approximate surface area is 299 Å². The van der Waals surface area contributed by atoms with Crippen molar-refractivity contribution >= 4 is 40.9 Å². The summed E-state index contributed by atoms with van der Waals surface area (Å²) in [7, 11) is 1.55. The van der Waals surface area contributed by atoms with E-state index in [4.69, 9.17) is 21.1 Å². The molecule has 2 aromatic heterocycles. The fourth-order valence-corrected chi connectivity index (χ4v) is 6.05. The summed E-state index contributed by atoms with van der Waals surface area (Å²) in [6.45, 7) is 0.916. The Morgan fingerprint density at radius 1 is 1.04 bits per heavy atom. The largest absolute Gasteiger partial charge is 0.484 e. The normalized spacial score (nSPS) is 18.1. The van der Waals surface area contributed by atoms with Gasteiger partial charge in [-0.3, -0.25) is 23.6 Å². The minimum absolute atomic E-state index is 0.0107. The second kappa shape index (κ2) is 17.7. The van der Waals surface area contributed by atoms with Crippen LogP contribution in [0.3, 0.4) is 0 Å². The lowest BCUT2D eigenvalue weighted by Gasteiger charge is -2.33. The first-order chi connectivity index (χ1) is 24.7. The lowest BCUT2D eigenvalue weighted by atomic mass is 9.77. The van der Waals surface area contributed by atoms with Gasteiger partial charge >= 0.3 is 0 Å². The van der Waals surface area contributed by atoms with Crippen LogP contribution in [0.15, 0.2) is 66.9 Å². The van der Waals surface area contributed by atoms with Crippen molar-refractivity contribution in [3.8, 4) is 5.75 Å². The second-order valence-electron chi connectivity index (χ2n) is 12.4. The number of methoxy groups -OCH3 is 1. The van der Waals surface area contributed by atoms with E-state index in [-0.39, 0.29) is 99.4 Å². The summed E-state index contributed by atoms with van der Waals surface area (Å²) < 4.78 is 26.7. The van der Waals surface area contributed by atoms with Crippen molar-refractivity contribution < 1.29 is 33.0 Å². The molecule has 0 spiro atoms. The number of aromatic nitrogens is 3. The molecule has 51 heavy (non-hydrogen) atoms. The van der Waals surface area contributed by atoms with Crippen LogP contribution in [-0.2, 0) is 32.1 Å². The topological polar surface area (TPSA) is 156 Å². The van der Waals surface area contributed by atoms with E-state index in [1.807, 2.05) is 36.5 Å². The maximum Gasteiger partial charge on any atom is 0.257 e. The molecule has 4 amide bonds. The molecule has 2 aliphatic heterocycles. The maximum atomic E-state index is 14.2. The van der Waals surface area contributed by atoms with Crippen LogP contribution in [0.4, 0.5) is 4.39 Å². The highest BCUT2D eigenvalue weighted by Crippen LogP contribution is 2.29. The third kappa shape index (κ3) is 10.0. The predicted octanol–water partition coefficient (Wildman–Crippen LogP) is 3.34. The van der Waals surface area contributed by atoms with Gasteiger partial charge in [0.2, 0.25) is 11.8 Å². The number of fused-ring (bicyclic) bond motifs is 18. The number of hydrogen-bond acceptors (Lipinski definition) is 8.